The number of nitrogens with one attached hydrogen (secondary N) is 1. The molecule has 0 saturated heterocycles. The molecule has 0 aromatic heterocycles. The van der Waals surface area contributed by atoms with Crippen LogP contribution >= 0.6 is 0 Å². The molecular weight excluding hydrogens is 176 g/mol. The average Bonchev–Trinajstić information content (AvgIpc) is 2.19. The number of hydrogen-bond donors (Lipinski definition) is 2. The minimum atomic E-state index is 0.0224. The lowest BCUT2D eigenvalue weighted by Crippen LogP contribution is -2.38. The Morgan fingerprint density at radius 1 is 1.43 bits per heavy atom. The summed E-state index contributed by atoms with van der Waals surface area (Å²) in [4.78, 5) is 11.4. The van der Waals surface area contributed by atoms with E-state index in [0.29, 0.717) is 13.0 Å². The van der Waals surface area contributed by atoms with E-state index >= 15 is 0 Å². The van der Waals surface area contributed by atoms with Crippen LogP contribution in [0.5, 0.6) is 0 Å². The molecule has 3 N–H and O–H groups in total. The predicted octanol–water partition coefficient (Wildman–Crippen LogP) is 0.693. The first kappa shape index (κ1) is 10.7. The Morgan fingerprint density at radius 2 is 2.07 bits per heavy atom. The highest BCUT2D eigenvalue weighted by Gasteiger charge is 2.05. The molecule has 0 aliphatic heterocycles. The molecule has 0 aliphatic carbocycles. The third kappa shape index (κ3) is 3.58. The van der Waals surface area contributed by atoms with E-state index < -0.39 is 0 Å². The first-order valence-electron chi connectivity index (χ1n) is 4.75. The number of hydrogen-bond acceptors (Lipinski definition) is 2. The van der Waals surface area contributed by atoms with Crippen LogP contribution in [0.3, 0.4) is 0 Å². The summed E-state index contributed by atoms with van der Waals surface area (Å²) < 4.78 is 0. The summed E-state index contributed by atoms with van der Waals surface area (Å²) in [6.45, 7) is 2.36. The van der Waals surface area contributed by atoms with E-state index in [1.165, 1.54) is 0 Å². The molecule has 14 heavy (non-hydrogen) atoms. The average molecular weight is 192 g/mol. The Kier molecular flexibility index (Phi) is 4.13. The van der Waals surface area contributed by atoms with Crippen molar-refractivity contribution in [3.63, 3.8) is 0 Å². The fraction of sp³-hybridized carbons (Fsp3) is 0.364. The van der Waals surface area contributed by atoms with Gasteiger partial charge >= 0.3 is 0 Å². The quantitative estimate of drug-likeness (QED) is 0.737. The van der Waals surface area contributed by atoms with Crippen molar-refractivity contribution >= 4 is 5.91 Å². The lowest BCUT2D eigenvalue weighted by Gasteiger charge is -2.10. The van der Waals surface area contributed by atoms with Crippen LogP contribution in [-0.4, -0.2) is 18.5 Å². The summed E-state index contributed by atoms with van der Waals surface area (Å²) in [6.07, 6.45) is 0.422. The number of carbonyl (C=O) groups is 1. The molecule has 0 aliphatic rings. The zero-order chi connectivity index (χ0) is 10.4. The van der Waals surface area contributed by atoms with Crippen molar-refractivity contribution in [2.75, 3.05) is 6.54 Å². The second-order valence-corrected chi connectivity index (χ2v) is 3.37. The summed E-state index contributed by atoms with van der Waals surface area (Å²) in [5.41, 5.74) is 6.42. The van der Waals surface area contributed by atoms with Crippen molar-refractivity contribution in [2.24, 2.45) is 5.73 Å². The van der Waals surface area contributed by atoms with E-state index in [0.717, 1.165) is 5.56 Å². The maximum Gasteiger partial charge on any atom is 0.224 e. The van der Waals surface area contributed by atoms with Gasteiger partial charge in [0.05, 0.1) is 6.42 Å². The molecule has 3 heteroatoms. The third-order valence-corrected chi connectivity index (χ3v) is 1.97. The van der Waals surface area contributed by atoms with E-state index in [-0.39, 0.29) is 11.9 Å². The van der Waals surface area contributed by atoms with E-state index in [1.807, 2.05) is 37.3 Å². The van der Waals surface area contributed by atoms with Crippen LogP contribution in [0.4, 0.5) is 0 Å². The third-order valence-electron chi connectivity index (χ3n) is 1.97. The summed E-state index contributed by atoms with van der Waals surface area (Å²) >= 11 is 0. The van der Waals surface area contributed by atoms with Gasteiger partial charge < -0.3 is 11.1 Å². The van der Waals surface area contributed by atoms with Crippen molar-refractivity contribution in [2.45, 2.75) is 19.4 Å². The van der Waals surface area contributed by atoms with Crippen LogP contribution in [0.25, 0.3) is 0 Å². The fourth-order valence-electron chi connectivity index (χ4n) is 1.17. The molecule has 1 amide bonds. The van der Waals surface area contributed by atoms with Crippen molar-refractivity contribution in [3.05, 3.63) is 35.9 Å². The highest BCUT2D eigenvalue weighted by atomic mass is 16.1. The lowest BCUT2D eigenvalue weighted by atomic mass is 10.1. The summed E-state index contributed by atoms with van der Waals surface area (Å²) in [5.74, 6) is 0.0224. The first-order valence-corrected chi connectivity index (χ1v) is 4.75. The van der Waals surface area contributed by atoms with Gasteiger partial charge in [0, 0.05) is 12.6 Å². The van der Waals surface area contributed by atoms with Gasteiger partial charge in [-0.15, -0.1) is 0 Å². The predicted molar refractivity (Wildman–Crippen MR) is 56.8 cm³/mol. The molecule has 0 heterocycles. The van der Waals surface area contributed by atoms with Gasteiger partial charge in [-0.05, 0) is 12.5 Å². The Hall–Kier alpha value is -1.35. The monoisotopic (exact) mass is 192 g/mol. The minimum Gasteiger partial charge on any atom is -0.352 e. The maximum atomic E-state index is 11.4. The van der Waals surface area contributed by atoms with Gasteiger partial charge in [-0.3, -0.25) is 4.79 Å². The smallest absolute Gasteiger partial charge is 0.224 e. The van der Waals surface area contributed by atoms with Gasteiger partial charge in [0.15, 0.2) is 0 Å². The van der Waals surface area contributed by atoms with Gasteiger partial charge in [0.1, 0.15) is 0 Å². The molecule has 1 rings (SSSR count). The highest BCUT2D eigenvalue weighted by Crippen LogP contribution is 1.99. The zero-order valence-electron chi connectivity index (χ0n) is 8.36. The van der Waals surface area contributed by atoms with Crippen LogP contribution in [0.15, 0.2) is 30.3 Å². The lowest BCUT2D eigenvalue weighted by molar-refractivity contribution is -0.120. The Bertz CT molecular complexity index is 285. The molecule has 3 nitrogen and oxygen atoms in total. The fourth-order valence-corrected chi connectivity index (χ4v) is 1.17. The van der Waals surface area contributed by atoms with Crippen molar-refractivity contribution < 1.29 is 4.79 Å². The molecule has 0 saturated carbocycles. The summed E-state index contributed by atoms with van der Waals surface area (Å²) in [6, 6.07) is 9.71. The molecule has 1 unspecified atom stereocenters. The summed E-state index contributed by atoms with van der Waals surface area (Å²) in [7, 11) is 0. The van der Waals surface area contributed by atoms with Crippen LogP contribution in [0, 0.1) is 0 Å². The van der Waals surface area contributed by atoms with Crippen LogP contribution in [0.1, 0.15) is 12.5 Å². The highest BCUT2D eigenvalue weighted by molar-refractivity contribution is 5.78. The Morgan fingerprint density at radius 3 is 2.64 bits per heavy atom. The Balaban J connectivity index is 2.42. The number of nitrogens with two attached hydrogens (primary N) is 1. The van der Waals surface area contributed by atoms with Gasteiger partial charge in [-0.25, -0.2) is 0 Å². The molecule has 1 atom stereocenters. The van der Waals surface area contributed by atoms with E-state index in [9.17, 15) is 4.79 Å². The summed E-state index contributed by atoms with van der Waals surface area (Å²) in [5, 5.41) is 2.81. The van der Waals surface area contributed by atoms with Gasteiger partial charge in [-0.1, -0.05) is 30.3 Å². The maximum absolute atomic E-state index is 11.4. The number of rotatable bonds is 4. The van der Waals surface area contributed by atoms with Crippen LogP contribution in [-0.2, 0) is 11.2 Å². The minimum absolute atomic E-state index is 0.0224. The zero-order valence-corrected chi connectivity index (χ0v) is 8.36. The van der Waals surface area contributed by atoms with E-state index in [1.54, 1.807) is 0 Å². The largest absolute Gasteiger partial charge is 0.352 e. The normalized spacial score (nSPS) is 12.1. The SMILES string of the molecule is CC(CN)NC(=O)Cc1ccccc1. The van der Waals surface area contributed by atoms with Crippen molar-refractivity contribution in [3.8, 4) is 0 Å². The number of benzene rings is 1. The molecule has 0 fully saturated rings. The van der Waals surface area contributed by atoms with Gasteiger partial charge in [0.2, 0.25) is 5.91 Å². The van der Waals surface area contributed by atoms with E-state index in [4.69, 9.17) is 5.73 Å². The molecule has 0 bridgehead atoms. The Labute approximate surface area is 84.3 Å². The van der Waals surface area contributed by atoms with Crippen molar-refractivity contribution in [1.82, 2.24) is 5.32 Å². The molecule has 0 spiro atoms. The standard InChI is InChI=1S/C11H16N2O/c1-9(8-12)13-11(14)7-10-5-3-2-4-6-10/h2-6,9H,7-8,12H2,1H3,(H,13,14). The molecule has 0 radical (unpaired) electrons. The number of carbonyl (C=O) groups excluding carboxylic acids is 1. The molecule has 1 aromatic rings. The van der Waals surface area contributed by atoms with Crippen molar-refractivity contribution in [1.29, 1.82) is 0 Å². The second-order valence-electron chi connectivity index (χ2n) is 3.37. The van der Waals surface area contributed by atoms with Gasteiger partial charge in [0.25, 0.3) is 0 Å². The molecule has 1 aromatic carbocycles. The molecule has 76 valence electrons. The van der Waals surface area contributed by atoms with Gasteiger partial charge in [-0.2, -0.15) is 0 Å². The van der Waals surface area contributed by atoms with Crippen LogP contribution in [0.2, 0.25) is 0 Å². The topological polar surface area (TPSA) is 55.1 Å². The first-order chi connectivity index (χ1) is 6.72. The molecular formula is C11H16N2O. The van der Waals surface area contributed by atoms with E-state index in [2.05, 4.69) is 5.32 Å². The van der Waals surface area contributed by atoms with Crippen LogP contribution < -0.4 is 11.1 Å². The number of amides is 1. The second kappa shape index (κ2) is 5.40.